The number of para-hydroxylation sites is 1. The number of fused-ring (bicyclic) bond motifs is 3. The monoisotopic (exact) mass is 492 g/mol. The van der Waals surface area contributed by atoms with Crippen LogP contribution >= 0.6 is 23.1 Å². The van der Waals surface area contributed by atoms with Crippen molar-refractivity contribution >= 4 is 67.5 Å². The zero-order valence-electron chi connectivity index (χ0n) is 18.3. The van der Waals surface area contributed by atoms with Crippen molar-refractivity contribution in [2.45, 2.75) is 4.34 Å². The van der Waals surface area contributed by atoms with E-state index < -0.39 is 0 Å². The third-order valence-electron chi connectivity index (χ3n) is 5.03. The highest BCUT2D eigenvalue weighted by atomic mass is 32.2. The molecule has 0 saturated carbocycles. The fourth-order valence-electron chi connectivity index (χ4n) is 3.47. The highest BCUT2D eigenvalue weighted by molar-refractivity contribution is 8.01. The van der Waals surface area contributed by atoms with Gasteiger partial charge in [0.2, 0.25) is 11.0 Å². The van der Waals surface area contributed by atoms with E-state index in [0.29, 0.717) is 26.5 Å². The number of anilines is 3. The minimum absolute atomic E-state index is 0.176. The Hall–Kier alpha value is -3.76. The summed E-state index contributed by atoms with van der Waals surface area (Å²) in [6.07, 6.45) is 0. The maximum Gasteiger partial charge on any atom is 0.234 e. The van der Waals surface area contributed by atoms with Gasteiger partial charge in [-0.25, -0.2) is 0 Å². The summed E-state index contributed by atoms with van der Waals surface area (Å²) >= 11 is 2.68. The second kappa shape index (κ2) is 9.62. The van der Waals surface area contributed by atoms with Crippen LogP contribution in [0.5, 0.6) is 11.5 Å². The summed E-state index contributed by atoms with van der Waals surface area (Å²) in [6.45, 7) is 0. The van der Waals surface area contributed by atoms with Gasteiger partial charge in [-0.3, -0.25) is 4.79 Å². The maximum absolute atomic E-state index is 12.6. The fourth-order valence-corrected chi connectivity index (χ4v) is 5.05. The van der Waals surface area contributed by atoms with E-state index in [2.05, 4.69) is 20.8 Å². The summed E-state index contributed by atoms with van der Waals surface area (Å²) in [5.41, 5.74) is 2.87. The van der Waals surface area contributed by atoms with Crippen LogP contribution in [-0.4, -0.2) is 36.1 Å². The molecule has 0 spiro atoms. The normalized spacial score (nSPS) is 11.0. The number of aromatic nitrogens is 2. The number of rotatable bonds is 8. The van der Waals surface area contributed by atoms with Crippen molar-refractivity contribution < 1.29 is 18.7 Å². The Morgan fingerprint density at radius 2 is 1.88 bits per heavy atom. The Bertz CT molecular complexity index is 1480. The van der Waals surface area contributed by atoms with Crippen LogP contribution < -0.4 is 20.1 Å². The lowest BCUT2D eigenvalue weighted by Gasteiger charge is -2.10. The quantitative estimate of drug-likeness (QED) is 0.257. The van der Waals surface area contributed by atoms with Crippen molar-refractivity contribution in [1.82, 2.24) is 10.2 Å². The molecule has 0 aliphatic heterocycles. The summed E-state index contributed by atoms with van der Waals surface area (Å²) in [6, 6.07) is 19.0. The molecule has 5 aromatic rings. The van der Waals surface area contributed by atoms with Gasteiger partial charge in [0, 0.05) is 28.6 Å². The van der Waals surface area contributed by atoms with Crippen LogP contribution in [-0.2, 0) is 4.79 Å². The Morgan fingerprint density at radius 3 is 2.74 bits per heavy atom. The van der Waals surface area contributed by atoms with Crippen LogP contribution in [0, 0.1) is 0 Å². The fraction of sp³-hybridized carbons (Fsp3) is 0.125. The number of thioether (sulfide) groups is 1. The highest BCUT2D eigenvalue weighted by Gasteiger charge is 2.15. The topological polar surface area (TPSA) is 98.5 Å². The number of benzene rings is 3. The van der Waals surface area contributed by atoms with E-state index in [4.69, 9.17) is 13.9 Å². The Labute approximate surface area is 203 Å². The van der Waals surface area contributed by atoms with Crippen molar-refractivity contribution in [2.24, 2.45) is 0 Å². The lowest BCUT2D eigenvalue weighted by Crippen LogP contribution is -2.14. The van der Waals surface area contributed by atoms with Gasteiger partial charge in [-0.2, -0.15) is 0 Å². The molecule has 0 radical (unpaired) electrons. The molecule has 0 aliphatic rings. The lowest BCUT2D eigenvalue weighted by atomic mass is 10.1. The molecule has 3 aromatic carbocycles. The van der Waals surface area contributed by atoms with Gasteiger partial charge in [0.25, 0.3) is 0 Å². The molecular formula is C24H20N4O4S2. The third-order valence-corrected chi connectivity index (χ3v) is 7.00. The number of hydrogen-bond donors (Lipinski definition) is 2. The van der Waals surface area contributed by atoms with Gasteiger partial charge in [-0.1, -0.05) is 47.4 Å². The van der Waals surface area contributed by atoms with Crippen molar-refractivity contribution in [2.75, 3.05) is 30.6 Å². The summed E-state index contributed by atoms with van der Waals surface area (Å²) in [5, 5.41) is 17.0. The van der Waals surface area contributed by atoms with Gasteiger partial charge in [-0.05, 0) is 24.3 Å². The molecule has 0 unspecified atom stereocenters. The maximum atomic E-state index is 12.6. The number of hydrogen-bond acceptors (Lipinski definition) is 9. The molecule has 1 amide bonds. The number of nitrogens with zero attached hydrogens (tertiary/aromatic N) is 2. The highest BCUT2D eigenvalue weighted by Crippen LogP contribution is 2.36. The van der Waals surface area contributed by atoms with E-state index in [-0.39, 0.29) is 11.7 Å². The summed E-state index contributed by atoms with van der Waals surface area (Å²) in [7, 11) is 3.19. The van der Waals surface area contributed by atoms with Crippen molar-refractivity contribution in [3.8, 4) is 11.5 Å². The molecule has 34 heavy (non-hydrogen) atoms. The number of nitrogens with one attached hydrogen (secondary N) is 2. The van der Waals surface area contributed by atoms with E-state index in [1.807, 2.05) is 54.6 Å². The molecule has 0 fully saturated rings. The van der Waals surface area contributed by atoms with E-state index in [1.54, 1.807) is 20.3 Å². The predicted molar refractivity (Wildman–Crippen MR) is 136 cm³/mol. The van der Waals surface area contributed by atoms with Gasteiger partial charge < -0.3 is 24.5 Å². The second-order valence-corrected chi connectivity index (χ2v) is 9.41. The molecule has 2 N–H and O–H groups in total. The minimum atomic E-state index is -0.184. The Balaban J connectivity index is 1.24. The van der Waals surface area contributed by atoms with Crippen LogP contribution in [0.3, 0.4) is 0 Å². The molecule has 10 heteroatoms. The van der Waals surface area contributed by atoms with E-state index >= 15 is 0 Å². The first-order valence-corrected chi connectivity index (χ1v) is 12.1. The average molecular weight is 493 g/mol. The smallest absolute Gasteiger partial charge is 0.234 e. The van der Waals surface area contributed by atoms with Crippen molar-refractivity contribution in [3.05, 3.63) is 60.7 Å². The molecule has 0 bridgehead atoms. The van der Waals surface area contributed by atoms with Crippen molar-refractivity contribution in [1.29, 1.82) is 0 Å². The first kappa shape index (κ1) is 22.1. The molecular weight excluding hydrogens is 472 g/mol. The molecule has 172 valence electrons. The molecule has 5 rings (SSSR count). The third kappa shape index (κ3) is 4.63. The van der Waals surface area contributed by atoms with Gasteiger partial charge in [0.05, 0.1) is 25.7 Å². The number of carbonyl (C=O) groups is 1. The zero-order chi connectivity index (χ0) is 23.5. The molecule has 0 atom stereocenters. The van der Waals surface area contributed by atoms with Crippen molar-refractivity contribution in [3.63, 3.8) is 0 Å². The summed E-state index contributed by atoms with van der Waals surface area (Å²) in [5.74, 6) is 1.31. The first-order valence-electron chi connectivity index (χ1n) is 10.3. The van der Waals surface area contributed by atoms with Crippen LogP contribution in [0.1, 0.15) is 0 Å². The first-order chi connectivity index (χ1) is 16.6. The largest absolute Gasteiger partial charge is 0.497 e. The van der Waals surface area contributed by atoms with Gasteiger partial charge in [0.15, 0.2) is 4.34 Å². The molecule has 8 nitrogen and oxygen atoms in total. The van der Waals surface area contributed by atoms with E-state index in [1.165, 1.54) is 23.1 Å². The van der Waals surface area contributed by atoms with Crippen LogP contribution in [0.2, 0.25) is 0 Å². The number of methoxy groups -OCH3 is 2. The van der Waals surface area contributed by atoms with Crippen LogP contribution in [0.15, 0.2) is 69.4 Å². The number of furan rings is 1. The Kier molecular flexibility index (Phi) is 6.24. The standard InChI is InChI=1S/C24H20N4O4S2/c1-30-15-7-5-6-14(10-15)25-23-27-28-24(34-23)33-13-22(29)26-18-12-20-17(11-21(18)31-2)16-8-3-4-9-19(16)32-20/h3-12H,13H2,1-2H3,(H,25,27)(H,26,29). The van der Waals surface area contributed by atoms with E-state index in [9.17, 15) is 4.79 Å². The number of amides is 1. The average Bonchev–Trinajstić information content (AvgIpc) is 3.46. The van der Waals surface area contributed by atoms with Gasteiger partial charge >= 0.3 is 0 Å². The SMILES string of the molecule is COc1cccc(Nc2nnc(SCC(=O)Nc3cc4oc5ccccc5c4cc3OC)s2)c1. The molecule has 0 saturated heterocycles. The van der Waals surface area contributed by atoms with Gasteiger partial charge in [-0.15, -0.1) is 10.2 Å². The predicted octanol–water partition coefficient (Wildman–Crippen LogP) is 5.93. The molecule has 0 aliphatic carbocycles. The Morgan fingerprint density at radius 1 is 1.00 bits per heavy atom. The van der Waals surface area contributed by atoms with E-state index in [0.717, 1.165) is 27.8 Å². The second-order valence-electron chi connectivity index (χ2n) is 7.21. The van der Waals surface area contributed by atoms with Gasteiger partial charge in [0.1, 0.15) is 22.7 Å². The number of carbonyl (C=O) groups excluding carboxylic acids is 1. The lowest BCUT2D eigenvalue weighted by molar-refractivity contribution is -0.113. The summed E-state index contributed by atoms with van der Waals surface area (Å²) in [4.78, 5) is 12.6. The minimum Gasteiger partial charge on any atom is -0.497 e. The molecule has 2 heterocycles. The van der Waals surface area contributed by atoms with Crippen LogP contribution in [0.4, 0.5) is 16.5 Å². The van der Waals surface area contributed by atoms with Crippen LogP contribution in [0.25, 0.3) is 21.9 Å². The zero-order valence-corrected chi connectivity index (χ0v) is 20.0. The molecule has 2 aromatic heterocycles. The summed E-state index contributed by atoms with van der Waals surface area (Å²) < 4.78 is 17.3. The number of ether oxygens (including phenoxy) is 2.